The summed E-state index contributed by atoms with van der Waals surface area (Å²) in [6.07, 6.45) is 5.63. The van der Waals surface area contributed by atoms with E-state index in [0.29, 0.717) is 36.0 Å². The van der Waals surface area contributed by atoms with Crippen LogP contribution in [0.1, 0.15) is 28.8 Å². The lowest BCUT2D eigenvalue weighted by molar-refractivity contribution is -0.134. The first kappa shape index (κ1) is 18.0. The van der Waals surface area contributed by atoms with E-state index in [4.69, 9.17) is 11.6 Å². The fourth-order valence-corrected chi connectivity index (χ4v) is 4.36. The summed E-state index contributed by atoms with van der Waals surface area (Å²) in [6, 6.07) is 11.1. The molecule has 140 valence electrons. The lowest BCUT2D eigenvalue weighted by Gasteiger charge is -2.36. The second-order valence-corrected chi connectivity index (χ2v) is 7.84. The average Bonchev–Trinajstić information content (AvgIpc) is 3.00. The molecular weight excluding hydrogens is 362 g/mol. The van der Waals surface area contributed by atoms with Crippen molar-refractivity contribution >= 4 is 23.4 Å². The Morgan fingerprint density at radius 2 is 2.00 bits per heavy atom. The Hall–Kier alpha value is -2.40. The van der Waals surface area contributed by atoms with E-state index in [1.165, 1.54) is 0 Å². The zero-order valence-corrected chi connectivity index (χ0v) is 15.8. The van der Waals surface area contributed by atoms with Gasteiger partial charge in [0.25, 0.3) is 5.91 Å². The molecule has 3 saturated heterocycles. The number of hydrogen-bond acceptors (Lipinski definition) is 3. The molecule has 3 aliphatic heterocycles. The molecule has 3 aliphatic rings. The number of carbonyl (C=O) groups is 2. The summed E-state index contributed by atoms with van der Waals surface area (Å²) < 4.78 is 0. The predicted octanol–water partition coefficient (Wildman–Crippen LogP) is 3.04. The van der Waals surface area contributed by atoms with E-state index in [2.05, 4.69) is 4.98 Å². The van der Waals surface area contributed by atoms with Gasteiger partial charge in [0.2, 0.25) is 5.91 Å². The molecule has 1 aromatic carbocycles. The predicted molar refractivity (Wildman–Crippen MR) is 104 cm³/mol. The molecule has 0 unspecified atom stereocenters. The molecule has 0 aliphatic carbocycles. The van der Waals surface area contributed by atoms with Crippen molar-refractivity contribution in [3.05, 3.63) is 64.9 Å². The number of fused-ring (bicyclic) bond motifs is 4. The molecule has 5 nitrogen and oxygen atoms in total. The molecule has 4 heterocycles. The minimum Gasteiger partial charge on any atom is -0.337 e. The van der Waals surface area contributed by atoms with Crippen molar-refractivity contribution < 1.29 is 9.59 Å². The van der Waals surface area contributed by atoms with Crippen LogP contribution in [0.3, 0.4) is 0 Å². The van der Waals surface area contributed by atoms with E-state index in [9.17, 15) is 9.59 Å². The lowest BCUT2D eigenvalue weighted by Crippen LogP contribution is -2.48. The summed E-state index contributed by atoms with van der Waals surface area (Å²) in [6.45, 7) is 2.01. The van der Waals surface area contributed by atoms with Crippen LogP contribution < -0.4 is 0 Å². The van der Waals surface area contributed by atoms with Gasteiger partial charge < -0.3 is 9.80 Å². The van der Waals surface area contributed by atoms with Gasteiger partial charge >= 0.3 is 0 Å². The van der Waals surface area contributed by atoms with E-state index >= 15 is 0 Å². The number of benzene rings is 1. The van der Waals surface area contributed by atoms with Gasteiger partial charge in [-0.3, -0.25) is 14.6 Å². The van der Waals surface area contributed by atoms with Crippen LogP contribution in [0.4, 0.5) is 0 Å². The van der Waals surface area contributed by atoms with Crippen molar-refractivity contribution in [1.29, 1.82) is 0 Å². The number of pyridine rings is 1. The minimum atomic E-state index is 0.00383. The number of amides is 2. The molecule has 0 radical (unpaired) electrons. The molecule has 2 aromatic rings. The molecule has 0 N–H and O–H groups in total. The van der Waals surface area contributed by atoms with Crippen molar-refractivity contribution in [2.45, 2.75) is 25.3 Å². The van der Waals surface area contributed by atoms with Crippen molar-refractivity contribution in [1.82, 2.24) is 14.8 Å². The van der Waals surface area contributed by atoms with Gasteiger partial charge in [0.15, 0.2) is 0 Å². The van der Waals surface area contributed by atoms with Gasteiger partial charge in [0.1, 0.15) is 0 Å². The monoisotopic (exact) mass is 383 g/mol. The highest BCUT2D eigenvalue weighted by molar-refractivity contribution is 6.30. The number of aromatic nitrogens is 1. The second kappa shape index (κ2) is 7.69. The van der Waals surface area contributed by atoms with Crippen LogP contribution in [0, 0.1) is 5.92 Å². The summed E-state index contributed by atoms with van der Waals surface area (Å²) in [4.78, 5) is 33.7. The Morgan fingerprint density at radius 3 is 2.78 bits per heavy atom. The number of rotatable bonds is 3. The van der Waals surface area contributed by atoms with Crippen LogP contribution in [0.15, 0.2) is 48.8 Å². The first-order valence-electron chi connectivity index (χ1n) is 9.33. The van der Waals surface area contributed by atoms with Crippen LogP contribution in [-0.2, 0) is 11.2 Å². The van der Waals surface area contributed by atoms with Crippen LogP contribution >= 0.6 is 11.6 Å². The van der Waals surface area contributed by atoms with Gasteiger partial charge in [0.05, 0.1) is 12.0 Å². The highest BCUT2D eigenvalue weighted by Crippen LogP contribution is 2.29. The van der Waals surface area contributed by atoms with E-state index in [0.717, 1.165) is 24.9 Å². The van der Waals surface area contributed by atoms with E-state index in [1.807, 2.05) is 34.1 Å². The van der Waals surface area contributed by atoms with Crippen molar-refractivity contribution in [3.8, 4) is 0 Å². The molecule has 3 fully saturated rings. The molecular formula is C21H22ClN3O2. The van der Waals surface area contributed by atoms with Crippen LogP contribution in [-0.4, -0.2) is 52.3 Å². The SMILES string of the molecule is O=C(c1cccnc1)N1C[C@H]2CC[C@@H](C1)N(C(=O)Cc1cccc(Cl)c1)C2. The maximum absolute atomic E-state index is 12.9. The van der Waals surface area contributed by atoms with Crippen LogP contribution in [0.2, 0.25) is 5.02 Å². The van der Waals surface area contributed by atoms with E-state index in [1.54, 1.807) is 24.5 Å². The van der Waals surface area contributed by atoms with Crippen LogP contribution in [0.25, 0.3) is 0 Å². The number of hydrogen-bond donors (Lipinski definition) is 0. The van der Waals surface area contributed by atoms with Gasteiger partial charge in [0, 0.05) is 43.1 Å². The first-order chi connectivity index (χ1) is 13.1. The third kappa shape index (κ3) is 3.98. The van der Waals surface area contributed by atoms with Crippen LogP contribution in [0.5, 0.6) is 0 Å². The zero-order valence-electron chi connectivity index (χ0n) is 15.1. The standard InChI is InChI=1S/C21H22ClN3O2/c22-18-5-1-3-15(9-18)10-20(26)25-13-16-6-7-19(25)14-24(12-16)21(27)17-4-2-8-23-11-17/h1-5,8-9,11,16,19H,6-7,10,12-14H2/t16-,19+/m1/s1. The third-order valence-electron chi connectivity index (χ3n) is 5.47. The molecule has 2 atom stereocenters. The molecule has 5 rings (SSSR count). The topological polar surface area (TPSA) is 53.5 Å². The van der Waals surface area contributed by atoms with Gasteiger partial charge in [-0.1, -0.05) is 23.7 Å². The van der Waals surface area contributed by atoms with Crippen molar-refractivity contribution in [2.75, 3.05) is 19.6 Å². The quantitative estimate of drug-likeness (QED) is 0.818. The van der Waals surface area contributed by atoms with Gasteiger partial charge in [-0.25, -0.2) is 0 Å². The van der Waals surface area contributed by atoms with Gasteiger partial charge in [-0.05, 0) is 48.6 Å². The molecule has 1 aromatic heterocycles. The Labute approximate surface area is 163 Å². The minimum absolute atomic E-state index is 0.00383. The Kier molecular flexibility index (Phi) is 5.12. The fraction of sp³-hybridized carbons (Fsp3) is 0.381. The summed E-state index contributed by atoms with van der Waals surface area (Å²) in [5, 5.41) is 0.644. The fourth-order valence-electron chi connectivity index (χ4n) is 4.15. The Morgan fingerprint density at radius 1 is 1.11 bits per heavy atom. The highest BCUT2D eigenvalue weighted by Gasteiger charge is 2.38. The van der Waals surface area contributed by atoms with Crippen molar-refractivity contribution in [2.24, 2.45) is 5.92 Å². The van der Waals surface area contributed by atoms with Gasteiger partial charge in [-0.15, -0.1) is 0 Å². The maximum atomic E-state index is 12.9. The summed E-state index contributed by atoms with van der Waals surface area (Å²) >= 11 is 6.04. The number of nitrogens with zero attached hydrogens (tertiary/aromatic N) is 3. The van der Waals surface area contributed by atoms with Crippen molar-refractivity contribution in [3.63, 3.8) is 0 Å². The zero-order chi connectivity index (χ0) is 18.8. The highest BCUT2D eigenvalue weighted by atomic mass is 35.5. The molecule has 0 spiro atoms. The number of carbonyl (C=O) groups excluding carboxylic acids is 2. The summed E-state index contributed by atoms with van der Waals surface area (Å²) in [5.74, 6) is 0.444. The lowest BCUT2D eigenvalue weighted by atomic mass is 9.94. The third-order valence-corrected chi connectivity index (χ3v) is 5.71. The average molecular weight is 384 g/mol. The molecule has 2 bridgehead atoms. The number of halogens is 1. The normalized spacial score (nSPS) is 21.8. The smallest absolute Gasteiger partial charge is 0.255 e. The summed E-state index contributed by atoms with van der Waals surface area (Å²) in [7, 11) is 0. The molecule has 27 heavy (non-hydrogen) atoms. The Bertz CT molecular complexity index is 842. The van der Waals surface area contributed by atoms with Gasteiger partial charge in [-0.2, -0.15) is 0 Å². The second-order valence-electron chi connectivity index (χ2n) is 7.40. The molecule has 6 heteroatoms. The largest absolute Gasteiger partial charge is 0.337 e. The molecule has 2 amide bonds. The van der Waals surface area contributed by atoms with E-state index < -0.39 is 0 Å². The Balaban J connectivity index is 1.48. The van der Waals surface area contributed by atoms with E-state index in [-0.39, 0.29) is 17.9 Å². The maximum Gasteiger partial charge on any atom is 0.255 e. The number of piperidine rings is 1. The molecule has 0 saturated carbocycles. The first-order valence-corrected chi connectivity index (χ1v) is 9.71. The summed E-state index contributed by atoms with van der Waals surface area (Å²) in [5.41, 5.74) is 1.53.